The first-order valence-electron chi connectivity index (χ1n) is 6.92. The van der Waals surface area contributed by atoms with E-state index in [9.17, 15) is 14.7 Å². The zero-order valence-corrected chi connectivity index (χ0v) is 12.4. The van der Waals surface area contributed by atoms with E-state index in [1.165, 1.54) is 4.90 Å². The van der Waals surface area contributed by atoms with Crippen molar-refractivity contribution in [3.05, 3.63) is 29.0 Å². The summed E-state index contributed by atoms with van der Waals surface area (Å²) in [6.07, 6.45) is 0.109. The number of pyridine rings is 1. The Bertz CT molecular complexity index is 730. The van der Waals surface area contributed by atoms with Crippen molar-refractivity contribution >= 4 is 34.4 Å². The minimum Gasteiger partial charge on any atom is -0.391 e. The fraction of sp³-hybridized carbons (Fsp3) is 0.357. The van der Waals surface area contributed by atoms with Crippen LogP contribution in [-0.4, -0.2) is 57.5 Å². The van der Waals surface area contributed by atoms with Gasteiger partial charge in [0.2, 0.25) is 5.91 Å². The Morgan fingerprint density at radius 2 is 2.32 bits per heavy atom. The Balaban J connectivity index is 1.62. The van der Waals surface area contributed by atoms with Crippen molar-refractivity contribution in [1.82, 2.24) is 20.2 Å². The fourth-order valence-corrected chi connectivity index (χ4v) is 2.58. The molecule has 116 valence electrons. The van der Waals surface area contributed by atoms with Crippen LogP contribution in [0.25, 0.3) is 11.0 Å². The van der Waals surface area contributed by atoms with E-state index < -0.39 is 6.10 Å². The monoisotopic (exact) mass is 322 g/mol. The molecule has 0 spiro atoms. The van der Waals surface area contributed by atoms with E-state index >= 15 is 0 Å². The van der Waals surface area contributed by atoms with E-state index in [1.54, 1.807) is 18.2 Å². The molecule has 1 aliphatic heterocycles. The van der Waals surface area contributed by atoms with Gasteiger partial charge in [0.15, 0.2) is 0 Å². The van der Waals surface area contributed by atoms with Crippen LogP contribution in [0.2, 0.25) is 5.15 Å². The maximum absolute atomic E-state index is 12.1. The molecule has 2 amide bonds. The molecular formula is C14H15ClN4O3. The third-order valence-corrected chi connectivity index (χ3v) is 3.82. The highest BCUT2D eigenvalue weighted by Gasteiger charge is 2.24. The van der Waals surface area contributed by atoms with Crippen molar-refractivity contribution in [3.63, 3.8) is 0 Å². The lowest BCUT2D eigenvalue weighted by molar-refractivity contribution is -0.129. The minimum atomic E-state index is -0.468. The first-order valence-corrected chi connectivity index (χ1v) is 7.30. The number of amides is 2. The number of hydrogen-bond acceptors (Lipinski definition) is 4. The van der Waals surface area contributed by atoms with E-state index in [0.29, 0.717) is 36.0 Å². The molecule has 1 unspecified atom stereocenters. The molecule has 0 radical (unpaired) electrons. The molecule has 1 saturated heterocycles. The standard InChI is InChI=1S/C14H15ClN4O3/c15-11-2-1-8-5-10(17-13(8)18-11)14(22)16-6-12(21)19-4-3-9(20)7-19/h1-2,5,9,20H,3-4,6-7H2,(H,16,22)(H,17,18). The van der Waals surface area contributed by atoms with Gasteiger partial charge in [0.25, 0.3) is 5.91 Å². The summed E-state index contributed by atoms with van der Waals surface area (Å²) in [4.78, 5) is 32.4. The van der Waals surface area contributed by atoms with Crippen molar-refractivity contribution in [2.45, 2.75) is 12.5 Å². The van der Waals surface area contributed by atoms with Gasteiger partial charge in [0, 0.05) is 18.5 Å². The molecule has 0 saturated carbocycles. The number of halogens is 1. The average molecular weight is 323 g/mol. The summed E-state index contributed by atoms with van der Waals surface area (Å²) in [7, 11) is 0. The molecule has 2 aromatic rings. The highest BCUT2D eigenvalue weighted by molar-refractivity contribution is 6.29. The summed E-state index contributed by atoms with van der Waals surface area (Å²) >= 11 is 5.79. The average Bonchev–Trinajstić information content (AvgIpc) is 3.10. The van der Waals surface area contributed by atoms with Gasteiger partial charge in [0.05, 0.1) is 12.6 Å². The SMILES string of the molecule is O=C(NCC(=O)N1CCC(O)C1)c1cc2ccc(Cl)nc2[nH]1. The summed E-state index contributed by atoms with van der Waals surface area (Å²) in [6, 6.07) is 5.05. The van der Waals surface area contributed by atoms with Crippen molar-refractivity contribution < 1.29 is 14.7 Å². The fourth-order valence-electron chi connectivity index (χ4n) is 2.44. The third kappa shape index (κ3) is 3.05. The number of likely N-dealkylation sites (tertiary alicyclic amines) is 1. The van der Waals surface area contributed by atoms with E-state index in [2.05, 4.69) is 15.3 Å². The van der Waals surface area contributed by atoms with Gasteiger partial charge in [-0.3, -0.25) is 9.59 Å². The van der Waals surface area contributed by atoms with Crippen molar-refractivity contribution in [1.29, 1.82) is 0 Å². The third-order valence-electron chi connectivity index (χ3n) is 3.61. The maximum Gasteiger partial charge on any atom is 0.268 e. The molecule has 22 heavy (non-hydrogen) atoms. The molecule has 0 aromatic carbocycles. The summed E-state index contributed by atoms with van der Waals surface area (Å²) in [5.74, 6) is -0.593. The minimum absolute atomic E-state index is 0.102. The van der Waals surface area contributed by atoms with Crippen molar-refractivity contribution in [2.24, 2.45) is 0 Å². The molecule has 0 bridgehead atoms. The Morgan fingerprint density at radius 1 is 1.50 bits per heavy atom. The Labute approximate surface area is 131 Å². The number of rotatable bonds is 3. The van der Waals surface area contributed by atoms with Crippen LogP contribution >= 0.6 is 11.6 Å². The maximum atomic E-state index is 12.1. The van der Waals surface area contributed by atoms with Gasteiger partial charge >= 0.3 is 0 Å². The Hall–Kier alpha value is -2.12. The second-order valence-corrected chi connectivity index (χ2v) is 5.61. The number of nitrogens with zero attached hydrogens (tertiary/aromatic N) is 2. The molecule has 7 nitrogen and oxygen atoms in total. The lowest BCUT2D eigenvalue weighted by atomic mass is 10.3. The predicted octanol–water partition coefficient (Wildman–Crippen LogP) is 0.539. The molecule has 2 aromatic heterocycles. The van der Waals surface area contributed by atoms with Crippen LogP contribution in [0.4, 0.5) is 0 Å². The normalized spacial score (nSPS) is 17.9. The number of nitrogens with one attached hydrogen (secondary N) is 2. The first kappa shape index (κ1) is 14.8. The number of fused-ring (bicyclic) bond motifs is 1. The van der Waals surface area contributed by atoms with E-state index in [4.69, 9.17) is 11.6 Å². The predicted molar refractivity (Wildman–Crippen MR) is 80.6 cm³/mol. The number of aliphatic hydroxyl groups is 1. The second kappa shape index (κ2) is 5.94. The smallest absolute Gasteiger partial charge is 0.268 e. The van der Waals surface area contributed by atoms with E-state index in [1.807, 2.05) is 0 Å². The van der Waals surface area contributed by atoms with Crippen LogP contribution in [0, 0.1) is 0 Å². The van der Waals surface area contributed by atoms with Gasteiger partial charge < -0.3 is 20.3 Å². The molecular weight excluding hydrogens is 308 g/mol. The lowest BCUT2D eigenvalue weighted by Gasteiger charge is -2.15. The number of aliphatic hydroxyl groups excluding tert-OH is 1. The van der Waals surface area contributed by atoms with Crippen LogP contribution in [0.1, 0.15) is 16.9 Å². The zero-order chi connectivity index (χ0) is 15.7. The van der Waals surface area contributed by atoms with Gasteiger partial charge in [0.1, 0.15) is 16.5 Å². The highest BCUT2D eigenvalue weighted by Crippen LogP contribution is 2.16. The van der Waals surface area contributed by atoms with Gasteiger partial charge in [-0.25, -0.2) is 4.98 Å². The van der Waals surface area contributed by atoms with Crippen molar-refractivity contribution in [3.8, 4) is 0 Å². The van der Waals surface area contributed by atoms with Crippen molar-refractivity contribution in [2.75, 3.05) is 19.6 Å². The van der Waals surface area contributed by atoms with Gasteiger partial charge in [-0.15, -0.1) is 0 Å². The number of hydrogen-bond donors (Lipinski definition) is 3. The lowest BCUT2D eigenvalue weighted by Crippen LogP contribution is -2.39. The zero-order valence-electron chi connectivity index (χ0n) is 11.7. The molecule has 3 N–H and O–H groups in total. The van der Waals surface area contributed by atoms with Crippen LogP contribution in [0.5, 0.6) is 0 Å². The molecule has 1 atom stereocenters. The van der Waals surface area contributed by atoms with Crippen LogP contribution < -0.4 is 5.32 Å². The summed E-state index contributed by atoms with van der Waals surface area (Å²) in [6.45, 7) is 0.739. The molecule has 3 heterocycles. The summed E-state index contributed by atoms with van der Waals surface area (Å²) in [5.41, 5.74) is 0.839. The number of carbonyl (C=O) groups excluding carboxylic acids is 2. The number of carbonyl (C=O) groups is 2. The van der Waals surface area contributed by atoms with Crippen LogP contribution in [0.15, 0.2) is 18.2 Å². The molecule has 1 aliphatic rings. The highest BCUT2D eigenvalue weighted by atomic mass is 35.5. The second-order valence-electron chi connectivity index (χ2n) is 5.22. The van der Waals surface area contributed by atoms with Gasteiger partial charge in [-0.2, -0.15) is 0 Å². The first-order chi connectivity index (χ1) is 10.5. The Kier molecular flexibility index (Phi) is 4.00. The molecule has 0 aliphatic carbocycles. The van der Waals surface area contributed by atoms with Gasteiger partial charge in [-0.05, 0) is 24.6 Å². The number of aromatic nitrogens is 2. The van der Waals surface area contributed by atoms with Gasteiger partial charge in [-0.1, -0.05) is 11.6 Å². The topological polar surface area (TPSA) is 98.3 Å². The largest absolute Gasteiger partial charge is 0.391 e. The number of H-pyrrole nitrogens is 1. The molecule has 3 rings (SSSR count). The summed E-state index contributed by atoms with van der Waals surface area (Å²) < 4.78 is 0. The summed E-state index contributed by atoms with van der Waals surface area (Å²) in [5, 5.41) is 13.1. The number of aromatic amines is 1. The van der Waals surface area contributed by atoms with E-state index in [-0.39, 0.29) is 18.4 Å². The van der Waals surface area contributed by atoms with Crippen LogP contribution in [-0.2, 0) is 4.79 Å². The molecule has 8 heteroatoms. The van der Waals surface area contributed by atoms with E-state index in [0.717, 1.165) is 5.39 Å². The quantitative estimate of drug-likeness (QED) is 0.718. The molecule has 1 fully saturated rings. The number of β-amino-alcohol motifs (C(OH)–C–C–N with tert-alkyl or cyclic N) is 1. The Morgan fingerprint density at radius 3 is 3.05 bits per heavy atom. The van der Waals surface area contributed by atoms with Crippen LogP contribution in [0.3, 0.4) is 0 Å².